The molecule has 0 spiro atoms. The second-order valence-corrected chi connectivity index (χ2v) is 15.1. The van der Waals surface area contributed by atoms with Gasteiger partial charge in [-0.05, 0) is 75.3 Å². The lowest BCUT2D eigenvalue weighted by molar-refractivity contribution is -0.151. The minimum atomic E-state index is -3.78. The molecule has 1 aliphatic heterocycles. The Hall–Kier alpha value is -2.36. The van der Waals surface area contributed by atoms with Crippen molar-refractivity contribution in [2.24, 2.45) is 16.3 Å². The van der Waals surface area contributed by atoms with Crippen molar-refractivity contribution in [3.63, 3.8) is 0 Å². The number of amidine groups is 1. The van der Waals surface area contributed by atoms with Gasteiger partial charge < -0.3 is 5.32 Å². The van der Waals surface area contributed by atoms with E-state index in [2.05, 4.69) is 5.32 Å². The van der Waals surface area contributed by atoms with Crippen LogP contribution in [0.25, 0.3) is 0 Å². The molecule has 0 amide bonds. The summed E-state index contributed by atoms with van der Waals surface area (Å²) < 4.78 is 55.8. The van der Waals surface area contributed by atoms with Crippen molar-refractivity contribution in [2.45, 2.75) is 93.3 Å². The monoisotopic (exact) mass is 589 g/mol. The normalized spacial score (nSPS) is 30.1. The Morgan fingerprint density at radius 1 is 1.05 bits per heavy atom. The van der Waals surface area contributed by atoms with Gasteiger partial charge in [0, 0.05) is 41.8 Å². The van der Waals surface area contributed by atoms with Crippen LogP contribution < -0.4 is 5.32 Å². The second-order valence-electron chi connectivity index (χ2n) is 12.8. The van der Waals surface area contributed by atoms with Gasteiger partial charge in [0.25, 0.3) is 0 Å². The molecule has 5 aliphatic rings. The number of benzene rings is 2. The Morgan fingerprint density at radius 3 is 2.27 bits per heavy atom. The fourth-order valence-electron chi connectivity index (χ4n) is 7.15. The van der Waals surface area contributed by atoms with Crippen molar-refractivity contribution in [1.82, 2.24) is 9.62 Å². The van der Waals surface area contributed by atoms with E-state index in [1.807, 2.05) is 26.0 Å². The molecule has 1 N–H and O–H groups in total. The van der Waals surface area contributed by atoms with E-state index in [1.165, 1.54) is 0 Å². The third-order valence-corrected chi connectivity index (χ3v) is 11.5. The van der Waals surface area contributed by atoms with Crippen LogP contribution >= 0.6 is 11.6 Å². The smallest absolute Gasteiger partial charge is 0.248 e. The van der Waals surface area contributed by atoms with Gasteiger partial charge in [0.15, 0.2) is 5.78 Å². The fraction of sp³-hybridized carbons (Fsp3) is 0.533. The summed E-state index contributed by atoms with van der Waals surface area (Å²) in [5.41, 5.74) is -0.542. The summed E-state index contributed by atoms with van der Waals surface area (Å²) in [6, 6.07) is 15.1. The van der Waals surface area contributed by atoms with Crippen LogP contribution in [0.5, 0.6) is 0 Å². The van der Waals surface area contributed by atoms with E-state index >= 15 is 0 Å². The Kier molecular flexibility index (Phi) is 6.48. The lowest BCUT2D eigenvalue weighted by Gasteiger charge is -2.73. The molecular weight excluding hydrogens is 556 g/mol. The predicted molar refractivity (Wildman–Crippen MR) is 150 cm³/mol. The minimum absolute atomic E-state index is 0.0277. The van der Waals surface area contributed by atoms with Gasteiger partial charge in [-0.2, -0.15) is 4.31 Å². The van der Waals surface area contributed by atoms with E-state index < -0.39 is 33.1 Å². The highest BCUT2D eigenvalue weighted by atomic mass is 35.5. The zero-order valence-corrected chi connectivity index (χ0v) is 24.2. The summed E-state index contributed by atoms with van der Waals surface area (Å²) in [5.74, 6) is -1.94. The number of carbonyl (C=O) groups excluding carboxylic acids is 1. The number of nitrogens with one attached hydrogen (secondary N) is 1. The summed E-state index contributed by atoms with van der Waals surface area (Å²) in [7, 11) is -3.78. The number of aliphatic imine (C=N–C) groups is 1. The number of alkyl halides is 2. The molecule has 0 saturated heterocycles. The number of sulfonamides is 1. The Labute approximate surface area is 239 Å². The zero-order valence-electron chi connectivity index (χ0n) is 22.7. The molecule has 1 heterocycles. The van der Waals surface area contributed by atoms with E-state index in [-0.39, 0.29) is 47.8 Å². The number of rotatable bonds is 10. The van der Waals surface area contributed by atoms with Crippen molar-refractivity contribution < 1.29 is 22.0 Å². The molecule has 4 fully saturated rings. The van der Waals surface area contributed by atoms with Gasteiger partial charge in [0.05, 0.1) is 10.4 Å². The predicted octanol–water partition coefficient (Wildman–Crippen LogP) is 6.00. The minimum Gasteiger partial charge on any atom is -0.366 e. The number of ketones is 1. The largest absolute Gasteiger partial charge is 0.366 e. The summed E-state index contributed by atoms with van der Waals surface area (Å²) in [4.78, 5) is 18.2. The summed E-state index contributed by atoms with van der Waals surface area (Å²) in [5, 5.41) is 4.07. The molecule has 2 bridgehead atoms. The van der Waals surface area contributed by atoms with Gasteiger partial charge in [-0.3, -0.25) is 9.79 Å². The number of halogens is 3. The highest BCUT2D eigenvalue weighted by Crippen LogP contribution is 2.71. The molecule has 1 atom stereocenters. The summed E-state index contributed by atoms with van der Waals surface area (Å²) >= 11 is 6.07. The summed E-state index contributed by atoms with van der Waals surface area (Å²) in [6.45, 7) is 4.12. The highest BCUT2D eigenvalue weighted by molar-refractivity contribution is 7.89. The van der Waals surface area contributed by atoms with Crippen LogP contribution in [0.3, 0.4) is 0 Å². The molecule has 4 aliphatic carbocycles. The standard InChI is InChI=1S/C30H34ClF2N3O3S/c1-27(2)25(24(37)13-10-21-14-30(32,33)15-21)34-26(35-27)28-17-29(18-28,19-28)36(16-20-8-11-22(31)12-9-20)40(38,39)23-6-4-3-5-7-23/h3-9,11-12,21,25H,10,13-19H2,1-2H3,(H,34,35)/t25-,28?,29?/m0/s1. The fourth-order valence-corrected chi connectivity index (χ4v) is 9.05. The molecule has 0 radical (unpaired) electrons. The van der Waals surface area contributed by atoms with E-state index in [1.54, 1.807) is 46.8 Å². The van der Waals surface area contributed by atoms with Crippen LogP contribution in [0.4, 0.5) is 8.78 Å². The van der Waals surface area contributed by atoms with Crippen molar-refractivity contribution in [1.29, 1.82) is 0 Å². The van der Waals surface area contributed by atoms with Gasteiger partial charge in [-0.25, -0.2) is 17.2 Å². The third kappa shape index (κ3) is 4.68. The Balaban J connectivity index is 1.19. The summed E-state index contributed by atoms with van der Waals surface area (Å²) in [6.07, 6.45) is 2.32. The molecule has 4 saturated carbocycles. The first-order valence-electron chi connectivity index (χ1n) is 13.8. The van der Waals surface area contributed by atoms with Gasteiger partial charge in [0.2, 0.25) is 15.9 Å². The van der Waals surface area contributed by atoms with Gasteiger partial charge >= 0.3 is 0 Å². The topological polar surface area (TPSA) is 78.8 Å². The number of hydrogen-bond donors (Lipinski definition) is 1. The van der Waals surface area contributed by atoms with E-state index in [0.717, 1.165) is 11.4 Å². The van der Waals surface area contributed by atoms with Crippen molar-refractivity contribution in [3.05, 3.63) is 65.2 Å². The van der Waals surface area contributed by atoms with Crippen LogP contribution in [-0.2, 0) is 21.4 Å². The average molecular weight is 590 g/mol. The van der Waals surface area contributed by atoms with Gasteiger partial charge in [-0.1, -0.05) is 41.9 Å². The number of Topliss-reactive ketones (excluding diaryl/α,β-unsaturated/α-hetero) is 1. The molecule has 40 heavy (non-hydrogen) atoms. The van der Waals surface area contributed by atoms with Crippen LogP contribution in [0, 0.1) is 11.3 Å². The Morgan fingerprint density at radius 2 is 1.68 bits per heavy atom. The molecule has 2 aromatic carbocycles. The first-order chi connectivity index (χ1) is 18.7. The first-order valence-corrected chi connectivity index (χ1v) is 15.7. The quantitative estimate of drug-likeness (QED) is 0.369. The number of carbonyl (C=O) groups is 1. The van der Waals surface area contributed by atoms with Gasteiger partial charge in [0.1, 0.15) is 11.9 Å². The SMILES string of the molecule is CC1(C)NC(C23CC(N(Cc4ccc(Cl)cc4)S(=O)(=O)c4ccccc4)(C2)C3)=N[C@H]1C(=O)CCC1CC(F)(F)C1. The molecular formula is C30H34ClF2N3O3S. The second kappa shape index (κ2) is 9.33. The highest BCUT2D eigenvalue weighted by Gasteiger charge is 2.75. The average Bonchev–Trinajstić information content (AvgIpc) is 3.15. The van der Waals surface area contributed by atoms with Crippen LogP contribution in [-0.4, -0.2) is 47.4 Å². The Bertz CT molecular complexity index is 1430. The van der Waals surface area contributed by atoms with Gasteiger partial charge in [-0.15, -0.1) is 0 Å². The van der Waals surface area contributed by atoms with Crippen LogP contribution in [0.2, 0.25) is 5.02 Å². The van der Waals surface area contributed by atoms with E-state index in [9.17, 15) is 22.0 Å². The van der Waals surface area contributed by atoms with Crippen LogP contribution in [0.1, 0.15) is 64.4 Å². The molecule has 7 rings (SSSR count). The maximum absolute atomic E-state index is 13.9. The van der Waals surface area contributed by atoms with Crippen molar-refractivity contribution in [2.75, 3.05) is 0 Å². The molecule has 214 valence electrons. The zero-order chi connectivity index (χ0) is 28.6. The van der Waals surface area contributed by atoms with Crippen molar-refractivity contribution in [3.8, 4) is 0 Å². The van der Waals surface area contributed by atoms with Crippen molar-refractivity contribution >= 4 is 33.2 Å². The van der Waals surface area contributed by atoms with Crippen LogP contribution in [0.15, 0.2) is 64.5 Å². The van der Waals surface area contributed by atoms with E-state index in [0.29, 0.717) is 30.7 Å². The number of nitrogens with zero attached hydrogens (tertiary/aromatic N) is 2. The molecule has 10 heteroatoms. The molecule has 0 unspecified atom stereocenters. The maximum Gasteiger partial charge on any atom is 0.248 e. The molecule has 2 aromatic rings. The maximum atomic E-state index is 13.9. The lowest BCUT2D eigenvalue weighted by atomic mass is 9.38. The first kappa shape index (κ1) is 27.8. The number of hydrogen-bond acceptors (Lipinski definition) is 5. The third-order valence-electron chi connectivity index (χ3n) is 9.27. The lowest BCUT2D eigenvalue weighted by Crippen LogP contribution is -2.78. The molecule has 0 aromatic heterocycles. The molecule has 6 nitrogen and oxygen atoms in total. The van der Waals surface area contributed by atoms with E-state index in [4.69, 9.17) is 16.6 Å².